The third kappa shape index (κ3) is 48.7. The smallest absolute Gasteiger partial charge is 0.306 e. The van der Waals surface area contributed by atoms with Gasteiger partial charge in [0.25, 0.3) is 0 Å². The molecule has 0 aromatic carbocycles. The van der Waals surface area contributed by atoms with Gasteiger partial charge in [-0.25, -0.2) is 0 Å². The van der Waals surface area contributed by atoms with E-state index < -0.39 is 6.10 Å². The monoisotopic (exact) mass is 871 g/mol. The molecule has 6 heteroatoms. The number of hydrogen-bond acceptors (Lipinski definition) is 6. The van der Waals surface area contributed by atoms with Gasteiger partial charge in [0.1, 0.15) is 13.2 Å². The van der Waals surface area contributed by atoms with Crippen LogP contribution in [0.15, 0.2) is 36.5 Å². The number of allylic oxidation sites excluding steroid dienone is 6. The summed E-state index contributed by atoms with van der Waals surface area (Å²) >= 11 is 0. The Morgan fingerprint density at radius 1 is 0.323 bits per heavy atom. The van der Waals surface area contributed by atoms with Crippen molar-refractivity contribution in [2.45, 2.75) is 290 Å². The van der Waals surface area contributed by atoms with Crippen LogP contribution in [-0.4, -0.2) is 37.2 Å². The summed E-state index contributed by atoms with van der Waals surface area (Å²) in [5, 5.41) is 0. The van der Waals surface area contributed by atoms with Gasteiger partial charge in [-0.15, -0.1) is 0 Å². The minimum Gasteiger partial charge on any atom is -0.462 e. The van der Waals surface area contributed by atoms with Gasteiger partial charge in [0.15, 0.2) is 6.10 Å². The Labute approximate surface area is 385 Å². The highest BCUT2D eigenvalue weighted by atomic mass is 16.6. The quantitative estimate of drug-likeness (QED) is 0.0262. The molecule has 1 unspecified atom stereocenters. The predicted octanol–water partition coefficient (Wildman–Crippen LogP) is 17.7. The molecule has 362 valence electrons. The molecule has 0 spiro atoms. The molecule has 0 aliphatic carbocycles. The lowest BCUT2D eigenvalue weighted by Gasteiger charge is -2.18. The predicted molar refractivity (Wildman–Crippen MR) is 266 cm³/mol. The zero-order chi connectivity index (χ0) is 45.1. The van der Waals surface area contributed by atoms with E-state index in [0.717, 1.165) is 77.0 Å². The van der Waals surface area contributed by atoms with Gasteiger partial charge in [0.05, 0.1) is 0 Å². The maximum atomic E-state index is 12.8. The van der Waals surface area contributed by atoms with Crippen LogP contribution in [-0.2, 0) is 28.6 Å². The molecule has 0 heterocycles. The van der Waals surface area contributed by atoms with Crippen LogP contribution in [0.2, 0.25) is 0 Å². The first-order valence-electron chi connectivity index (χ1n) is 27.0. The highest BCUT2D eigenvalue weighted by Gasteiger charge is 2.19. The summed E-state index contributed by atoms with van der Waals surface area (Å²) in [7, 11) is 0. The Morgan fingerprint density at radius 3 is 0.887 bits per heavy atom. The molecule has 0 amide bonds. The van der Waals surface area contributed by atoms with E-state index in [1.165, 1.54) is 167 Å². The van der Waals surface area contributed by atoms with Gasteiger partial charge < -0.3 is 14.2 Å². The molecule has 0 rings (SSSR count). The average molecular weight is 871 g/mol. The Balaban J connectivity index is 4.32. The summed E-state index contributed by atoms with van der Waals surface area (Å²) in [5.74, 6) is -0.884. The van der Waals surface area contributed by atoms with E-state index in [4.69, 9.17) is 14.2 Å². The highest BCUT2D eigenvalue weighted by molar-refractivity contribution is 5.71. The fourth-order valence-electron chi connectivity index (χ4n) is 7.86. The maximum absolute atomic E-state index is 12.8. The molecule has 62 heavy (non-hydrogen) atoms. The Kier molecular flexibility index (Phi) is 49.3. The third-order valence-corrected chi connectivity index (χ3v) is 12.0. The number of rotatable bonds is 49. The van der Waals surface area contributed by atoms with Gasteiger partial charge in [0, 0.05) is 19.3 Å². The van der Waals surface area contributed by atoms with Crippen molar-refractivity contribution in [2.24, 2.45) is 0 Å². The van der Waals surface area contributed by atoms with Crippen molar-refractivity contribution in [2.75, 3.05) is 13.2 Å². The molecular weight excluding hydrogens is 769 g/mol. The Bertz CT molecular complexity index is 1050. The van der Waals surface area contributed by atoms with Crippen molar-refractivity contribution < 1.29 is 28.6 Å². The zero-order valence-corrected chi connectivity index (χ0v) is 41.4. The SMILES string of the molecule is CCCCCCC\C=C/C=C\C=C/CCCCCCCC(=O)OCC(COC(=O)CCCCCCCCCCC)OC(=O)CCCCCCCCCCCCCCCCCCC. The first-order valence-corrected chi connectivity index (χ1v) is 27.0. The lowest BCUT2D eigenvalue weighted by atomic mass is 10.0. The standard InChI is InChI=1S/C56H102O6/c1-4-7-10-13-16-19-21-23-25-27-29-30-32-34-37-40-43-46-49-55(58)61-52-53(51-60-54(57)48-45-42-39-36-18-15-12-9-6-3)62-56(59)50-47-44-41-38-35-33-31-28-26-24-22-20-17-14-11-8-5-2/h21,23,25,27,29-30,53H,4-20,22,24,26,28,31-52H2,1-3H3/b23-21-,27-25-,30-29-. The molecule has 0 N–H and O–H groups in total. The molecule has 0 saturated heterocycles. The number of ether oxygens (including phenoxy) is 3. The average Bonchev–Trinajstić information content (AvgIpc) is 3.27. The van der Waals surface area contributed by atoms with Crippen LogP contribution in [0.4, 0.5) is 0 Å². The van der Waals surface area contributed by atoms with Crippen LogP contribution in [0.5, 0.6) is 0 Å². The highest BCUT2D eigenvalue weighted by Crippen LogP contribution is 2.16. The van der Waals surface area contributed by atoms with Crippen LogP contribution in [0.25, 0.3) is 0 Å². The number of unbranched alkanes of at least 4 members (excludes halogenated alkanes) is 34. The van der Waals surface area contributed by atoms with E-state index in [0.29, 0.717) is 19.3 Å². The normalized spacial score (nSPS) is 12.2. The lowest BCUT2D eigenvalue weighted by molar-refractivity contribution is -0.167. The van der Waals surface area contributed by atoms with Gasteiger partial charge in [0.2, 0.25) is 0 Å². The summed E-state index contributed by atoms with van der Waals surface area (Å²) in [6.45, 7) is 6.62. The minimum atomic E-state index is -0.774. The van der Waals surface area contributed by atoms with E-state index in [1.54, 1.807) is 0 Å². The second-order valence-corrected chi connectivity index (χ2v) is 18.2. The molecule has 6 nitrogen and oxygen atoms in total. The van der Waals surface area contributed by atoms with Crippen molar-refractivity contribution in [1.82, 2.24) is 0 Å². The summed E-state index contributed by atoms with van der Waals surface area (Å²) in [6.07, 6.45) is 59.9. The van der Waals surface area contributed by atoms with Crippen LogP contribution in [0, 0.1) is 0 Å². The third-order valence-electron chi connectivity index (χ3n) is 12.0. The van der Waals surface area contributed by atoms with E-state index in [1.807, 2.05) is 0 Å². The van der Waals surface area contributed by atoms with Crippen molar-refractivity contribution in [1.29, 1.82) is 0 Å². The second-order valence-electron chi connectivity index (χ2n) is 18.2. The van der Waals surface area contributed by atoms with Crippen LogP contribution >= 0.6 is 0 Å². The van der Waals surface area contributed by atoms with Crippen LogP contribution in [0.3, 0.4) is 0 Å². The number of hydrogen-bond donors (Lipinski definition) is 0. The van der Waals surface area contributed by atoms with Gasteiger partial charge >= 0.3 is 17.9 Å². The number of carbonyl (C=O) groups excluding carboxylic acids is 3. The fourth-order valence-corrected chi connectivity index (χ4v) is 7.86. The van der Waals surface area contributed by atoms with E-state index in [2.05, 4.69) is 57.2 Å². The molecular formula is C56H102O6. The van der Waals surface area contributed by atoms with E-state index in [-0.39, 0.29) is 31.1 Å². The molecule has 0 bridgehead atoms. The first kappa shape index (κ1) is 59.6. The molecule has 0 aliphatic rings. The minimum absolute atomic E-state index is 0.0749. The van der Waals surface area contributed by atoms with E-state index >= 15 is 0 Å². The maximum Gasteiger partial charge on any atom is 0.306 e. The lowest BCUT2D eigenvalue weighted by Crippen LogP contribution is -2.30. The van der Waals surface area contributed by atoms with Crippen molar-refractivity contribution >= 4 is 17.9 Å². The topological polar surface area (TPSA) is 78.9 Å². The summed E-state index contributed by atoms with van der Waals surface area (Å²) < 4.78 is 16.8. The zero-order valence-electron chi connectivity index (χ0n) is 41.4. The Morgan fingerprint density at radius 2 is 0.581 bits per heavy atom. The molecule has 0 saturated carbocycles. The molecule has 0 aliphatic heterocycles. The van der Waals surface area contributed by atoms with Gasteiger partial charge in [-0.1, -0.05) is 256 Å². The largest absolute Gasteiger partial charge is 0.462 e. The van der Waals surface area contributed by atoms with Crippen LogP contribution < -0.4 is 0 Å². The van der Waals surface area contributed by atoms with E-state index in [9.17, 15) is 14.4 Å². The summed E-state index contributed by atoms with van der Waals surface area (Å²) in [6, 6.07) is 0. The van der Waals surface area contributed by atoms with Gasteiger partial charge in [-0.3, -0.25) is 14.4 Å². The molecule has 0 aromatic rings. The van der Waals surface area contributed by atoms with Crippen LogP contribution in [0.1, 0.15) is 284 Å². The Hall–Kier alpha value is -2.37. The van der Waals surface area contributed by atoms with Crippen molar-refractivity contribution in [3.63, 3.8) is 0 Å². The summed E-state index contributed by atoms with van der Waals surface area (Å²) in [5.41, 5.74) is 0. The first-order chi connectivity index (χ1) is 30.5. The number of carbonyl (C=O) groups is 3. The molecule has 1 atom stereocenters. The second kappa shape index (κ2) is 51.3. The number of esters is 3. The van der Waals surface area contributed by atoms with Gasteiger partial charge in [-0.2, -0.15) is 0 Å². The van der Waals surface area contributed by atoms with Crippen molar-refractivity contribution in [3.8, 4) is 0 Å². The molecule has 0 aromatic heterocycles. The summed E-state index contributed by atoms with van der Waals surface area (Å²) in [4.78, 5) is 37.9. The van der Waals surface area contributed by atoms with Crippen molar-refractivity contribution in [3.05, 3.63) is 36.5 Å². The molecule has 0 radical (unpaired) electrons. The fraction of sp³-hybridized carbons (Fsp3) is 0.839. The van der Waals surface area contributed by atoms with Gasteiger partial charge in [-0.05, 0) is 44.9 Å². The molecule has 0 fully saturated rings.